The lowest BCUT2D eigenvalue weighted by Crippen LogP contribution is -1.89. The molecule has 0 aromatic heterocycles. The van der Waals surface area contributed by atoms with E-state index in [-0.39, 0.29) is 5.75 Å². The first-order valence-electron chi connectivity index (χ1n) is 4.71. The molecule has 3 nitrogen and oxygen atoms in total. The van der Waals surface area contributed by atoms with E-state index in [9.17, 15) is 0 Å². The summed E-state index contributed by atoms with van der Waals surface area (Å²) in [6.45, 7) is 3.46. The molecule has 0 heterocycles. The third-order valence-corrected chi connectivity index (χ3v) is 1.87. The Bertz CT molecular complexity index is 234. The van der Waals surface area contributed by atoms with E-state index in [1.54, 1.807) is 31.4 Å². The number of aromatic hydroxyl groups is 1. The predicted octanol–water partition coefficient (Wildman–Crippen LogP) is 2.86. The van der Waals surface area contributed by atoms with Crippen molar-refractivity contribution in [2.24, 2.45) is 0 Å². The molecule has 0 saturated heterocycles. The molecule has 0 aliphatic carbocycles. The van der Waals surface area contributed by atoms with Gasteiger partial charge in [0.1, 0.15) is 11.5 Å². The summed E-state index contributed by atoms with van der Waals surface area (Å²) in [6, 6.07) is 6.67. The van der Waals surface area contributed by atoms with Crippen molar-refractivity contribution in [3.63, 3.8) is 0 Å². The minimum atomic E-state index is 0.267. The summed E-state index contributed by atoms with van der Waals surface area (Å²) in [5.41, 5.74) is 0. The molecule has 4 heteroatoms. The minimum absolute atomic E-state index is 0.267. The van der Waals surface area contributed by atoms with Gasteiger partial charge in [0, 0.05) is 11.5 Å². The first-order chi connectivity index (χ1) is 7.24. The summed E-state index contributed by atoms with van der Waals surface area (Å²) in [5, 5.41) is 8.87. The molecule has 0 saturated carbocycles. The summed E-state index contributed by atoms with van der Waals surface area (Å²) in [5.74, 6) is 1.06. The lowest BCUT2D eigenvalue weighted by molar-refractivity contribution is 0.220. The van der Waals surface area contributed by atoms with Gasteiger partial charge in [0.25, 0.3) is 0 Å². The highest BCUT2D eigenvalue weighted by atomic mass is 127. The molecule has 0 atom stereocenters. The molecule has 1 rings (SSSR count). The maximum Gasteiger partial charge on any atom is 0.119 e. The molecule has 0 aliphatic heterocycles. The highest BCUT2D eigenvalue weighted by molar-refractivity contribution is 14.1. The minimum Gasteiger partial charge on any atom is -0.508 e. The van der Waals surface area contributed by atoms with Crippen molar-refractivity contribution in [3.05, 3.63) is 24.3 Å². The van der Waals surface area contributed by atoms with Gasteiger partial charge in [-0.15, -0.1) is 0 Å². The zero-order chi connectivity index (χ0) is 11.5. The molecule has 86 valence electrons. The van der Waals surface area contributed by atoms with Crippen molar-refractivity contribution in [1.82, 2.24) is 0 Å². The average Bonchev–Trinajstić information content (AvgIpc) is 2.24. The van der Waals surface area contributed by atoms with Crippen LogP contribution in [0.3, 0.4) is 0 Å². The molecular formula is C11H17IO3. The van der Waals surface area contributed by atoms with Crippen LogP contribution in [0.1, 0.15) is 6.92 Å². The topological polar surface area (TPSA) is 38.7 Å². The first-order valence-corrected chi connectivity index (χ1v) is 6.23. The van der Waals surface area contributed by atoms with Crippen LogP contribution < -0.4 is 4.74 Å². The quantitative estimate of drug-likeness (QED) is 0.684. The highest BCUT2D eigenvalue weighted by Gasteiger charge is 1.89. The zero-order valence-corrected chi connectivity index (χ0v) is 11.2. The Labute approximate surface area is 105 Å². The van der Waals surface area contributed by atoms with Crippen LogP contribution in [-0.4, -0.2) is 29.9 Å². The summed E-state index contributed by atoms with van der Waals surface area (Å²) >= 11 is 2.26. The van der Waals surface area contributed by atoms with Crippen LogP contribution in [0.15, 0.2) is 24.3 Å². The van der Waals surface area contributed by atoms with Crippen molar-refractivity contribution in [3.8, 4) is 11.5 Å². The largest absolute Gasteiger partial charge is 0.508 e. The van der Waals surface area contributed by atoms with E-state index in [4.69, 9.17) is 9.84 Å². The van der Waals surface area contributed by atoms with Gasteiger partial charge in [-0.05, 0) is 31.2 Å². The normalized spacial score (nSPS) is 9.00. The number of hydrogen-bond acceptors (Lipinski definition) is 3. The fourth-order valence-electron chi connectivity index (χ4n) is 0.786. The van der Waals surface area contributed by atoms with E-state index < -0.39 is 0 Å². The van der Waals surface area contributed by atoms with E-state index in [2.05, 4.69) is 27.3 Å². The van der Waals surface area contributed by atoms with Crippen LogP contribution in [0.4, 0.5) is 0 Å². The van der Waals surface area contributed by atoms with Crippen molar-refractivity contribution >= 4 is 22.6 Å². The van der Waals surface area contributed by atoms with Crippen molar-refractivity contribution in [2.75, 3.05) is 24.8 Å². The first kappa shape index (κ1) is 14.5. The molecular weight excluding hydrogens is 307 g/mol. The number of rotatable bonds is 4. The SMILES string of the molecule is CCOc1ccc(O)cc1.COCCI. The second kappa shape index (κ2) is 10.0. The predicted molar refractivity (Wildman–Crippen MR) is 70.0 cm³/mol. The van der Waals surface area contributed by atoms with E-state index in [0.717, 1.165) is 16.8 Å². The van der Waals surface area contributed by atoms with Crippen molar-refractivity contribution < 1.29 is 14.6 Å². The van der Waals surface area contributed by atoms with Crippen molar-refractivity contribution in [1.29, 1.82) is 0 Å². The van der Waals surface area contributed by atoms with Gasteiger partial charge in [0.05, 0.1) is 13.2 Å². The van der Waals surface area contributed by atoms with Crippen molar-refractivity contribution in [2.45, 2.75) is 6.92 Å². The molecule has 0 spiro atoms. The van der Waals surface area contributed by atoms with Crippen LogP contribution in [0.25, 0.3) is 0 Å². The van der Waals surface area contributed by atoms with Crippen LogP contribution in [0.5, 0.6) is 11.5 Å². The van der Waals surface area contributed by atoms with Gasteiger partial charge < -0.3 is 14.6 Å². The molecule has 1 N–H and O–H groups in total. The lowest BCUT2D eigenvalue weighted by Gasteiger charge is -2.00. The average molecular weight is 324 g/mol. The van der Waals surface area contributed by atoms with Gasteiger partial charge in [-0.25, -0.2) is 0 Å². The van der Waals surface area contributed by atoms with E-state index in [1.165, 1.54) is 0 Å². The number of phenolic OH excluding ortho intramolecular Hbond substituents is 1. The Kier molecular flexibility index (Phi) is 9.71. The molecule has 0 aliphatic rings. The summed E-state index contributed by atoms with van der Waals surface area (Å²) < 4.78 is 10.9. The second-order valence-electron chi connectivity index (χ2n) is 2.61. The van der Waals surface area contributed by atoms with E-state index >= 15 is 0 Å². The van der Waals surface area contributed by atoms with E-state index in [1.807, 2.05) is 6.92 Å². The Morgan fingerprint density at radius 2 is 1.87 bits per heavy atom. The fraction of sp³-hybridized carbons (Fsp3) is 0.455. The van der Waals surface area contributed by atoms with Gasteiger partial charge >= 0.3 is 0 Å². The Balaban J connectivity index is 0.000000336. The summed E-state index contributed by atoms with van der Waals surface area (Å²) in [6.07, 6.45) is 0. The number of benzene rings is 1. The third kappa shape index (κ3) is 8.50. The summed E-state index contributed by atoms with van der Waals surface area (Å²) in [4.78, 5) is 0. The van der Waals surface area contributed by atoms with E-state index in [0.29, 0.717) is 6.61 Å². The van der Waals surface area contributed by atoms with Gasteiger partial charge in [-0.3, -0.25) is 0 Å². The second-order valence-corrected chi connectivity index (χ2v) is 3.69. The van der Waals surface area contributed by atoms with Gasteiger partial charge in [-0.2, -0.15) is 0 Å². The molecule has 0 unspecified atom stereocenters. The van der Waals surface area contributed by atoms with Crippen LogP contribution >= 0.6 is 22.6 Å². The van der Waals surface area contributed by atoms with Gasteiger partial charge in [-0.1, -0.05) is 22.6 Å². The number of methoxy groups -OCH3 is 1. The Hall–Kier alpha value is -0.490. The zero-order valence-electron chi connectivity index (χ0n) is 9.07. The third-order valence-electron chi connectivity index (χ3n) is 1.43. The van der Waals surface area contributed by atoms with Crippen LogP contribution in [0, 0.1) is 0 Å². The molecule has 1 aromatic rings. The number of phenols is 1. The molecule has 0 fully saturated rings. The summed E-state index contributed by atoms with van der Waals surface area (Å²) in [7, 11) is 1.71. The van der Waals surface area contributed by atoms with Gasteiger partial charge in [0.15, 0.2) is 0 Å². The Morgan fingerprint density at radius 3 is 2.20 bits per heavy atom. The van der Waals surface area contributed by atoms with Crippen LogP contribution in [-0.2, 0) is 4.74 Å². The smallest absolute Gasteiger partial charge is 0.119 e. The standard InChI is InChI=1S/C8H10O2.C3H7IO/c1-2-10-8-5-3-7(9)4-6-8;1-5-3-2-4/h3-6,9H,2H2,1H3;2-3H2,1H3. The monoisotopic (exact) mass is 324 g/mol. The fourth-order valence-corrected chi connectivity index (χ4v) is 1.23. The number of halogens is 1. The molecule has 0 radical (unpaired) electrons. The molecule has 1 aromatic carbocycles. The number of hydrogen-bond donors (Lipinski definition) is 1. The Morgan fingerprint density at radius 1 is 1.27 bits per heavy atom. The van der Waals surface area contributed by atoms with Crippen LogP contribution in [0.2, 0.25) is 0 Å². The maximum absolute atomic E-state index is 8.87. The molecule has 15 heavy (non-hydrogen) atoms. The number of ether oxygens (including phenoxy) is 2. The van der Waals surface area contributed by atoms with Gasteiger partial charge in [0.2, 0.25) is 0 Å². The lowest BCUT2D eigenvalue weighted by atomic mass is 10.3. The highest BCUT2D eigenvalue weighted by Crippen LogP contribution is 2.15. The number of alkyl halides is 1. The molecule has 0 amide bonds. The molecule has 0 bridgehead atoms. The maximum atomic E-state index is 8.87.